The molecule has 8 heteroatoms. The summed E-state index contributed by atoms with van der Waals surface area (Å²) >= 11 is 0. The van der Waals surface area contributed by atoms with E-state index >= 15 is 0 Å². The lowest BCUT2D eigenvalue weighted by Gasteiger charge is -2.14. The van der Waals surface area contributed by atoms with E-state index in [-0.39, 0.29) is 42.4 Å². The van der Waals surface area contributed by atoms with Gasteiger partial charge in [0.05, 0.1) is 18.0 Å². The molecule has 158 valence electrons. The Hall–Kier alpha value is -3.21. The van der Waals surface area contributed by atoms with Gasteiger partial charge in [-0.25, -0.2) is 13.2 Å². The van der Waals surface area contributed by atoms with Crippen molar-refractivity contribution >= 4 is 5.91 Å². The molecule has 0 saturated heterocycles. The summed E-state index contributed by atoms with van der Waals surface area (Å²) in [5.74, 6) is 0.488. The number of aromatic nitrogens is 1. The molecule has 5 nitrogen and oxygen atoms in total. The van der Waals surface area contributed by atoms with Crippen molar-refractivity contribution < 1.29 is 22.7 Å². The van der Waals surface area contributed by atoms with Crippen LogP contribution in [0.25, 0.3) is 0 Å². The number of alkyl halides is 2. The van der Waals surface area contributed by atoms with E-state index in [1.54, 1.807) is 33.2 Å². The number of pyridine rings is 1. The van der Waals surface area contributed by atoms with E-state index in [1.165, 1.54) is 27.7 Å². The maximum atomic E-state index is 14.3. The zero-order valence-corrected chi connectivity index (χ0v) is 16.8. The van der Waals surface area contributed by atoms with Gasteiger partial charge in [-0.05, 0) is 30.7 Å². The molecule has 1 fully saturated rings. The number of benzene rings is 1. The van der Waals surface area contributed by atoms with Crippen LogP contribution in [0.2, 0.25) is 0 Å². The number of nitrogens with zero attached hydrogens (tertiary/aromatic N) is 2. The largest absolute Gasteiger partial charge is 0.484 e. The number of ether oxygens (including phenoxy) is 1. The van der Waals surface area contributed by atoms with E-state index in [0.29, 0.717) is 11.3 Å². The molecule has 1 aromatic carbocycles. The molecule has 1 aliphatic carbocycles. The molecule has 1 heterocycles. The highest BCUT2D eigenvalue weighted by Gasteiger charge is 2.56. The van der Waals surface area contributed by atoms with Crippen molar-refractivity contribution in [3.05, 3.63) is 63.3 Å². The van der Waals surface area contributed by atoms with Crippen molar-refractivity contribution in [2.24, 2.45) is 5.92 Å². The number of carbonyl (C=O) groups excluding carboxylic acids is 1. The molecule has 1 aliphatic rings. The first kappa shape index (κ1) is 21.5. The first-order chi connectivity index (χ1) is 14.1. The first-order valence-corrected chi connectivity index (χ1v) is 9.29. The van der Waals surface area contributed by atoms with Gasteiger partial charge in [0.2, 0.25) is 0 Å². The minimum atomic E-state index is -2.77. The number of likely N-dealkylation sites (N-methyl/N-ethyl adjacent to an activating group) is 1. The van der Waals surface area contributed by atoms with E-state index in [1.807, 2.05) is 0 Å². The molecule has 2 aromatic rings. The number of carbonyl (C=O) groups is 1. The highest BCUT2D eigenvalue weighted by atomic mass is 19.3. The molecule has 0 N–H and O–H groups in total. The maximum absolute atomic E-state index is 14.3. The Kier molecular flexibility index (Phi) is 5.92. The third kappa shape index (κ3) is 5.03. The molecule has 1 atom stereocenters. The molecule has 0 spiro atoms. The van der Waals surface area contributed by atoms with E-state index in [4.69, 9.17) is 4.74 Å². The van der Waals surface area contributed by atoms with Gasteiger partial charge < -0.3 is 14.2 Å². The third-order valence-corrected chi connectivity index (χ3v) is 4.75. The Morgan fingerprint density at radius 1 is 1.30 bits per heavy atom. The van der Waals surface area contributed by atoms with Gasteiger partial charge in [0.25, 0.3) is 17.4 Å². The van der Waals surface area contributed by atoms with Crippen molar-refractivity contribution in [2.75, 3.05) is 20.7 Å². The van der Waals surface area contributed by atoms with Crippen LogP contribution < -0.4 is 10.3 Å². The summed E-state index contributed by atoms with van der Waals surface area (Å²) in [5, 5.41) is 0. The third-order valence-electron chi connectivity index (χ3n) is 4.75. The van der Waals surface area contributed by atoms with Crippen LogP contribution >= 0.6 is 0 Å². The Labute approximate surface area is 172 Å². The maximum Gasteiger partial charge on any atom is 0.263 e. The quantitative estimate of drug-likeness (QED) is 0.702. The zero-order valence-electron chi connectivity index (χ0n) is 16.8. The molecule has 1 amide bonds. The summed E-state index contributed by atoms with van der Waals surface area (Å²) in [6.07, 6.45) is -0.287. The van der Waals surface area contributed by atoms with E-state index in [2.05, 4.69) is 11.8 Å². The van der Waals surface area contributed by atoms with E-state index in [9.17, 15) is 22.8 Å². The summed E-state index contributed by atoms with van der Waals surface area (Å²) in [4.78, 5) is 25.4. The lowest BCUT2D eigenvalue weighted by atomic mass is 10.1. The molecule has 1 aromatic heterocycles. The Morgan fingerprint density at radius 2 is 2.00 bits per heavy atom. The van der Waals surface area contributed by atoms with Gasteiger partial charge in [-0.2, -0.15) is 0 Å². The Balaban J connectivity index is 1.72. The highest BCUT2D eigenvalue weighted by Crippen LogP contribution is 2.48. The fourth-order valence-electron chi connectivity index (χ4n) is 2.73. The van der Waals surface area contributed by atoms with Crippen molar-refractivity contribution in [1.29, 1.82) is 0 Å². The number of halogens is 3. The fraction of sp³-hybridized carbons (Fsp3) is 0.364. The lowest BCUT2D eigenvalue weighted by Crippen LogP contribution is -2.28. The topological polar surface area (TPSA) is 51.5 Å². The smallest absolute Gasteiger partial charge is 0.263 e. The second-order valence-corrected chi connectivity index (χ2v) is 7.43. The average molecular weight is 418 g/mol. The van der Waals surface area contributed by atoms with Crippen LogP contribution in [0.5, 0.6) is 5.75 Å². The molecule has 0 aliphatic heterocycles. The standard InChI is InChI=1S/C22H21F3N2O3/c1-14-8-18(30-13-21(29)26(2)3)10-20(28)27(14)12-15-4-5-16(19(23)9-15)6-7-17-11-22(17,24)25/h4-5,8-10,17H,11-13H2,1-3H3. The average Bonchev–Trinajstić information content (AvgIpc) is 3.28. The van der Waals surface area contributed by atoms with E-state index < -0.39 is 17.7 Å². The SMILES string of the molecule is Cc1cc(OCC(=O)N(C)C)cc(=O)n1Cc1ccc(C#CC2CC2(F)F)c(F)c1. The van der Waals surface area contributed by atoms with Crippen LogP contribution in [-0.2, 0) is 11.3 Å². The van der Waals surface area contributed by atoms with Crippen LogP contribution in [0, 0.1) is 30.5 Å². The molecule has 3 rings (SSSR count). The zero-order chi connectivity index (χ0) is 22.1. The van der Waals surface area contributed by atoms with Gasteiger partial charge in [0, 0.05) is 32.3 Å². The number of aryl methyl sites for hydroxylation is 1. The predicted octanol–water partition coefficient (Wildman–Crippen LogP) is 2.82. The summed E-state index contributed by atoms with van der Waals surface area (Å²) < 4.78 is 46.8. The van der Waals surface area contributed by atoms with Crippen molar-refractivity contribution in [3.8, 4) is 17.6 Å². The van der Waals surface area contributed by atoms with Gasteiger partial charge in [-0.15, -0.1) is 0 Å². The van der Waals surface area contributed by atoms with Gasteiger partial charge >= 0.3 is 0 Å². The van der Waals surface area contributed by atoms with Crippen LogP contribution in [-0.4, -0.2) is 42.0 Å². The molecular weight excluding hydrogens is 397 g/mol. The van der Waals surface area contributed by atoms with Crippen molar-refractivity contribution in [2.45, 2.75) is 25.8 Å². The normalized spacial score (nSPS) is 16.4. The number of hydrogen-bond donors (Lipinski definition) is 0. The van der Waals surface area contributed by atoms with Crippen LogP contribution in [0.3, 0.4) is 0 Å². The fourth-order valence-corrected chi connectivity index (χ4v) is 2.73. The molecule has 0 radical (unpaired) electrons. The highest BCUT2D eigenvalue weighted by molar-refractivity contribution is 5.77. The van der Waals surface area contributed by atoms with Gasteiger partial charge in [0.15, 0.2) is 6.61 Å². The van der Waals surface area contributed by atoms with Crippen molar-refractivity contribution in [3.63, 3.8) is 0 Å². The van der Waals surface area contributed by atoms with Crippen molar-refractivity contribution in [1.82, 2.24) is 9.47 Å². The lowest BCUT2D eigenvalue weighted by molar-refractivity contribution is -0.130. The van der Waals surface area contributed by atoms with Gasteiger partial charge in [-0.1, -0.05) is 17.9 Å². The van der Waals surface area contributed by atoms with Gasteiger partial charge in [-0.3, -0.25) is 9.59 Å². The Bertz CT molecular complexity index is 1100. The number of amides is 1. The molecular formula is C22H21F3N2O3. The van der Waals surface area contributed by atoms with Gasteiger partial charge in [0.1, 0.15) is 11.6 Å². The molecule has 30 heavy (non-hydrogen) atoms. The Morgan fingerprint density at radius 3 is 2.57 bits per heavy atom. The molecule has 1 unspecified atom stereocenters. The molecule has 1 saturated carbocycles. The summed E-state index contributed by atoms with van der Waals surface area (Å²) in [5.41, 5.74) is 0.786. The van der Waals surface area contributed by atoms with E-state index in [0.717, 1.165) is 0 Å². The monoisotopic (exact) mass is 418 g/mol. The predicted molar refractivity (Wildman–Crippen MR) is 105 cm³/mol. The second kappa shape index (κ2) is 8.27. The minimum absolute atomic E-state index is 0.0415. The second-order valence-electron chi connectivity index (χ2n) is 7.43. The number of rotatable bonds is 5. The van der Waals surface area contributed by atoms with Crippen LogP contribution in [0.15, 0.2) is 35.1 Å². The summed E-state index contributed by atoms with van der Waals surface area (Å²) in [6, 6.07) is 7.15. The summed E-state index contributed by atoms with van der Waals surface area (Å²) in [6.45, 7) is 1.64. The molecule has 0 bridgehead atoms. The van der Waals surface area contributed by atoms with Crippen LogP contribution in [0.4, 0.5) is 13.2 Å². The summed E-state index contributed by atoms with van der Waals surface area (Å²) in [7, 11) is 3.21. The number of hydrogen-bond acceptors (Lipinski definition) is 3. The minimum Gasteiger partial charge on any atom is -0.484 e. The van der Waals surface area contributed by atoms with Crippen LogP contribution in [0.1, 0.15) is 23.2 Å². The first-order valence-electron chi connectivity index (χ1n) is 9.29.